The first-order valence-corrected chi connectivity index (χ1v) is 2.97. The van der Waals surface area contributed by atoms with Gasteiger partial charge in [-0.25, -0.2) is 0 Å². The molecule has 3 heteroatoms. The van der Waals surface area contributed by atoms with Crippen LogP contribution in [0.3, 0.4) is 0 Å². The number of para-hydroxylation sites is 1. The molecule has 52 valence electrons. The summed E-state index contributed by atoms with van der Waals surface area (Å²) in [6, 6.07) is 9.50. The van der Waals surface area contributed by atoms with Gasteiger partial charge in [0.2, 0.25) is 0 Å². The standard InChI is InChI=1S/C7H5NS.AsH3/c9-6-8-7-4-2-1-3-5-7;/h1-5H;1H3. The van der Waals surface area contributed by atoms with E-state index in [0.29, 0.717) is 0 Å². The van der Waals surface area contributed by atoms with Crippen LogP contribution in [0.1, 0.15) is 0 Å². The molecule has 1 aromatic carbocycles. The summed E-state index contributed by atoms with van der Waals surface area (Å²) >= 11 is 4.42. The number of hydrogen-bond donors (Lipinski definition) is 0. The van der Waals surface area contributed by atoms with Crippen LogP contribution in [0.4, 0.5) is 5.69 Å². The molecule has 1 aromatic rings. The first kappa shape index (κ1) is 9.58. The molecule has 0 amide bonds. The van der Waals surface area contributed by atoms with Gasteiger partial charge in [0.15, 0.2) is 0 Å². The van der Waals surface area contributed by atoms with Gasteiger partial charge in [-0.05, 0) is 24.4 Å². The summed E-state index contributed by atoms with van der Waals surface area (Å²) in [4.78, 5) is 3.77. The van der Waals surface area contributed by atoms with Crippen LogP contribution in [0, 0.1) is 0 Å². The fourth-order valence-corrected chi connectivity index (χ4v) is 0.661. The van der Waals surface area contributed by atoms with E-state index < -0.39 is 0 Å². The van der Waals surface area contributed by atoms with Crippen LogP contribution in [0.25, 0.3) is 0 Å². The quantitative estimate of drug-likeness (QED) is 0.388. The summed E-state index contributed by atoms with van der Waals surface area (Å²) < 4.78 is 0. The molecule has 0 radical (unpaired) electrons. The average Bonchev–Trinajstić information content (AvgIpc) is 1.91. The van der Waals surface area contributed by atoms with E-state index in [4.69, 9.17) is 0 Å². The SMILES string of the molecule is S=C=Nc1ccccc1.[AsH3]. The number of thiocarbonyl (C=S) groups is 1. The van der Waals surface area contributed by atoms with Crippen molar-refractivity contribution in [2.45, 2.75) is 0 Å². The Morgan fingerprint density at radius 1 is 1.20 bits per heavy atom. The maximum atomic E-state index is 4.42. The van der Waals surface area contributed by atoms with Gasteiger partial charge in [0, 0.05) is 0 Å². The van der Waals surface area contributed by atoms with Gasteiger partial charge in [-0.1, -0.05) is 18.2 Å². The number of nitrogens with zero attached hydrogens (tertiary/aromatic N) is 1. The van der Waals surface area contributed by atoms with Crippen LogP contribution in [0.5, 0.6) is 0 Å². The molecule has 0 saturated carbocycles. The number of aliphatic imine (C=N–C) groups is 1. The fraction of sp³-hybridized carbons (Fsp3) is 0. The third-order valence-electron chi connectivity index (χ3n) is 0.931. The van der Waals surface area contributed by atoms with Gasteiger partial charge in [-0.3, -0.25) is 0 Å². The number of benzene rings is 1. The van der Waals surface area contributed by atoms with Gasteiger partial charge < -0.3 is 0 Å². The summed E-state index contributed by atoms with van der Waals surface area (Å²) in [6.45, 7) is 0. The average molecular weight is 213 g/mol. The Morgan fingerprint density at radius 2 is 1.80 bits per heavy atom. The summed E-state index contributed by atoms with van der Waals surface area (Å²) in [5.41, 5.74) is 0.854. The van der Waals surface area contributed by atoms with E-state index in [1.165, 1.54) is 0 Å². The van der Waals surface area contributed by atoms with Gasteiger partial charge in [0.1, 0.15) is 0 Å². The fourth-order valence-electron chi connectivity index (χ4n) is 0.555. The van der Waals surface area contributed by atoms with Crippen LogP contribution in [0.2, 0.25) is 0 Å². The molecule has 0 N–H and O–H groups in total. The van der Waals surface area contributed by atoms with Crippen molar-refractivity contribution in [3.8, 4) is 0 Å². The zero-order valence-electron chi connectivity index (χ0n) is 5.45. The van der Waals surface area contributed by atoms with Crippen molar-refractivity contribution in [1.82, 2.24) is 0 Å². The zero-order valence-corrected chi connectivity index (χ0v) is 9.23. The third kappa shape index (κ3) is 2.93. The summed E-state index contributed by atoms with van der Waals surface area (Å²) in [6.07, 6.45) is 0. The topological polar surface area (TPSA) is 12.4 Å². The predicted molar refractivity (Wildman–Crippen MR) is 51.1 cm³/mol. The Bertz CT molecular complexity index is 229. The Balaban J connectivity index is 0.000000810. The monoisotopic (exact) mass is 213 g/mol. The molecule has 10 heavy (non-hydrogen) atoms. The molecule has 0 bridgehead atoms. The second kappa shape index (κ2) is 5.37. The normalized spacial score (nSPS) is 7.20. The van der Waals surface area contributed by atoms with E-state index >= 15 is 0 Å². The predicted octanol–water partition coefficient (Wildman–Crippen LogP) is 1.24. The van der Waals surface area contributed by atoms with Crippen LogP contribution in [0.15, 0.2) is 35.3 Å². The van der Waals surface area contributed by atoms with Gasteiger partial charge in [0.25, 0.3) is 0 Å². The molecule has 1 rings (SSSR count). The van der Waals surface area contributed by atoms with E-state index in [-0.39, 0.29) is 18.0 Å². The molecular formula is C7H8AsNS. The Hall–Kier alpha value is -0.422. The van der Waals surface area contributed by atoms with Crippen molar-refractivity contribution in [2.75, 3.05) is 0 Å². The molecule has 0 spiro atoms. The van der Waals surface area contributed by atoms with Crippen molar-refractivity contribution < 1.29 is 0 Å². The molecule has 0 saturated heterocycles. The van der Waals surface area contributed by atoms with E-state index in [0.717, 1.165) is 5.69 Å². The van der Waals surface area contributed by atoms with Crippen molar-refractivity contribution >= 4 is 41.0 Å². The van der Waals surface area contributed by atoms with E-state index in [1.807, 2.05) is 30.3 Å². The van der Waals surface area contributed by atoms with Gasteiger partial charge >= 0.3 is 18.0 Å². The van der Waals surface area contributed by atoms with Crippen molar-refractivity contribution in [2.24, 2.45) is 4.99 Å². The summed E-state index contributed by atoms with van der Waals surface area (Å²) in [5.74, 6) is 0. The van der Waals surface area contributed by atoms with Crippen LogP contribution in [-0.4, -0.2) is 23.1 Å². The van der Waals surface area contributed by atoms with E-state index in [9.17, 15) is 0 Å². The number of isothiocyanates is 1. The first-order valence-electron chi connectivity index (χ1n) is 2.56. The molecule has 0 aliphatic heterocycles. The van der Waals surface area contributed by atoms with Crippen LogP contribution in [-0.2, 0) is 0 Å². The molecule has 0 aliphatic rings. The number of hydrogen-bond acceptors (Lipinski definition) is 2. The van der Waals surface area contributed by atoms with Crippen LogP contribution < -0.4 is 0 Å². The molecule has 1 nitrogen and oxygen atoms in total. The first-order chi connectivity index (χ1) is 4.43. The minimum atomic E-state index is 0. The molecule has 1 atom stereocenters. The van der Waals surface area contributed by atoms with E-state index in [2.05, 4.69) is 22.4 Å². The van der Waals surface area contributed by atoms with E-state index in [1.54, 1.807) is 0 Å². The molecule has 0 aromatic heterocycles. The Morgan fingerprint density at radius 3 is 2.30 bits per heavy atom. The van der Waals surface area contributed by atoms with Crippen LogP contribution >= 0.6 is 12.2 Å². The molecule has 1 unspecified atom stereocenters. The molecular weight excluding hydrogens is 205 g/mol. The summed E-state index contributed by atoms with van der Waals surface area (Å²) in [5, 5.41) is 2.29. The molecule has 0 aliphatic carbocycles. The second-order valence-corrected chi connectivity index (χ2v) is 1.72. The van der Waals surface area contributed by atoms with Gasteiger partial charge in [0.05, 0.1) is 10.8 Å². The van der Waals surface area contributed by atoms with Crippen molar-refractivity contribution in [3.63, 3.8) is 0 Å². The van der Waals surface area contributed by atoms with Gasteiger partial charge in [-0.2, -0.15) is 4.99 Å². The molecule has 0 heterocycles. The molecule has 0 fully saturated rings. The minimum absolute atomic E-state index is 0. The Kier molecular flexibility index (Phi) is 5.14. The van der Waals surface area contributed by atoms with Gasteiger partial charge in [-0.15, -0.1) is 0 Å². The Labute approximate surface area is 76.5 Å². The maximum absolute atomic E-state index is 4.42. The second-order valence-electron chi connectivity index (χ2n) is 1.54. The third-order valence-corrected chi connectivity index (χ3v) is 1.02. The number of rotatable bonds is 1. The zero-order chi connectivity index (χ0) is 6.53. The van der Waals surface area contributed by atoms with Crippen molar-refractivity contribution in [1.29, 1.82) is 0 Å². The summed E-state index contributed by atoms with van der Waals surface area (Å²) in [7, 11) is 0. The van der Waals surface area contributed by atoms with Crippen molar-refractivity contribution in [3.05, 3.63) is 30.3 Å².